The van der Waals surface area contributed by atoms with Gasteiger partial charge in [-0.2, -0.15) is 0 Å². The van der Waals surface area contributed by atoms with Gasteiger partial charge in [-0.15, -0.1) is 0 Å². The second-order valence-corrected chi connectivity index (χ2v) is 7.25. The highest BCUT2D eigenvalue weighted by molar-refractivity contribution is 9.09. The van der Waals surface area contributed by atoms with Crippen molar-refractivity contribution in [3.8, 4) is 0 Å². The zero-order chi connectivity index (χ0) is 12.5. The van der Waals surface area contributed by atoms with E-state index in [-0.39, 0.29) is 16.1 Å². The fourth-order valence-electron chi connectivity index (χ4n) is 2.14. The Morgan fingerprint density at radius 2 is 2.06 bits per heavy atom. The van der Waals surface area contributed by atoms with E-state index in [0.717, 1.165) is 25.3 Å². The van der Waals surface area contributed by atoms with Crippen molar-refractivity contribution in [3.05, 3.63) is 30.1 Å². The molecule has 0 atom stereocenters. The molecule has 2 nitrogen and oxygen atoms in total. The Labute approximate surface area is 109 Å². The number of hydrogen-bond donors (Lipinski definition) is 0. The molecule has 0 N–H and O–H groups in total. The molecule has 1 saturated carbocycles. The van der Waals surface area contributed by atoms with Gasteiger partial charge < -0.3 is 0 Å². The molecule has 5 heteroatoms. The molecule has 0 radical (unpaired) electrons. The van der Waals surface area contributed by atoms with Crippen molar-refractivity contribution in [3.63, 3.8) is 0 Å². The Hall–Kier alpha value is -0.420. The molecule has 0 heterocycles. The topological polar surface area (TPSA) is 34.1 Å². The third kappa shape index (κ3) is 2.71. The lowest BCUT2D eigenvalue weighted by Gasteiger charge is -2.40. The van der Waals surface area contributed by atoms with E-state index in [4.69, 9.17) is 0 Å². The van der Waals surface area contributed by atoms with Gasteiger partial charge in [0.15, 0.2) is 9.84 Å². The van der Waals surface area contributed by atoms with Crippen LogP contribution in [0.1, 0.15) is 19.3 Å². The highest BCUT2D eigenvalue weighted by Crippen LogP contribution is 2.44. The standard InChI is InChI=1S/C12H14BrFO2S/c13-8-12(5-2-6-12)9-17(15,16)11-4-1-3-10(14)7-11/h1,3-4,7H,2,5-6,8-9H2. The smallest absolute Gasteiger partial charge is 0.179 e. The van der Waals surface area contributed by atoms with Gasteiger partial charge in [-0.3, -0.25) is 0 Å². The molecule has 1 aliphatic rings. The Bertz CT molecular complexity index is 503. The van der Waals surface area contributed by atoms with E-state index >= 15 is 0 Å². The monoisotopic (exact) mass is 320 g/mol. The van der Waals surface area contributed by atoms with Gasteiger partial charge in [-0.05, 0) is 36.5 Å². The van der Waals surface area contributed by atoms with Crippen LogP contribution in [0.25, 0.3) is 0 Å². The van der Waals surface area contributed by atoms with Crippen molar-refractivity contribution >= 4 is 25.8 Å². The van der Waals surface area contributed by atoms with Gasteiger partial charge >= 0.3 is 0 Å². The molecule has 1 fully saturated rings. The summed E-state index contributed by atoms with van der Waals surface area (Å²) in [5, 5.41) is 0.689. The summed E-state index contributed by atoms with van der Waals surface area (Å²) in [5.74, 6) is -0.401. The molecule has 0 spiro atoms. The predicted molar refractivity (Wildman–Crippen MR) is 68.5 cm³/mol. The second-order valence-electron chi connectivity index (χ2n) is 4.70. The SMILES string of the molecule is O=S(=O)(CC1(CBr)CCC1)c1cccc(F)c1. The van der Waals surface area contributed by atoms with Crippen molar-refractivity contribution in [1.29, 1.82) is 0 Å². The van der Waals surface area contributed by atoms with Crippen molar-refractivity contribution < 1.29 is 12.8 Å². The van der Waals surface area contributed by atoms with E-state index in [9.17, 15) is 12.8 Å². The minimum atomic E-state index is -3.38. The molecule has 1 aromatic rings. The number of hydrogen-bond acceptors (Lipinski definition) is 2. The lowest BCUT2D eigenvalue weighted by atomic mass is 9.72. The van der Waals surface area contributed by atoms with Crippen LogP contribution in [0, 0.1) is 11.2 Å². The first-order chi connectivity index (χ1) is 7.97. The summed E-state index contributed by atoms with van der Waals surface area (Å²) in [6.07, 6.45) is 2.92. The summed E-state index contributed by atoms with van der Waals surface area (Å²) in [5.41, 5.74) is -0.148. The molecular formula is C12H14BrFO2S. The third-order valence-electron chi connectivity index (χ3n) is 3.35. The number of sulfone groups is 1. The summed E-state index contributed by atoms with van der Waals surface area (Å²) < 4.78 is 37.4. The van der Waals surface area contributed by atoms with E-state index in [0.29, 0.717) is 5.33 Å². The van der Waals surface area contributed by atoms with Gasteiger partial charge in [-0.1, -0.05) is 28.4 Å². The number of alkyl halides is 1. The van der Waals surface area contributed by atoms with Gasteiger partial charge in [0, 0.05) is 5.33 Å². The molecule has 2 rings (SSSR count). The molecule has 0 saturated heterocycles. The van der Waals surface area contributed by atoms with Crippen molar-refractivity contribution in [1.82, 2.24) is 0 Å². The van der Waals surface area contributed by atoms with Crippen LogP contribution in [0.3, 0.4) is 0 Å². The van der Waals surface area contributed by atoms with Gasteiger partial charge in [0.2, 0.25) is 0 Å². The highest BCUT2D eigenvalue weighted by Gasteiger charge is 2.40. The van der Waals surface area contributed by atoms with Gasteiger partial charge in [-0.25, -0.2) is 12.8 Å². The zero-order valence-corrected chi connectivity index (χ0v) is 11.7. The van der Waals surface area contributed by atoms with Gasteiger partial charge in [0.1, 0.15) is 5.82 Å². The average Bonchev–Trinajstić information content (AvgIpc) is 2.24. The van der Waals surface area contributed by atoms with Crippen LogP contribution in [0.15, 0.2) is 29.2 Å². The summed E-state index contributed by atoms with van der Waals surface area (Å²) >= 11 is 3.38. The maximum Gasteiger partial charge on any atom is 0.179 e. The predicted octanol–water partition coefficient (Wildman–Crippen LogP) is 3.16. The van der Waals surface area contributed by atoms with Crippen molar-refractivity contribution in [2.75, 3.05) is 11.1 Å². The molecule has 0 aliphatic heterocycles. The quantitative estimate of drug-likeness (QED) is 0.798. The molecule has 94 valence electrons. The Kier molecular flexibility index (Phi) is 3.59. The van der Waals surface area contributed by atoms with Crippen LogP contribution in [0.2, 0.25) is 0 Å². The minimum Gasteiger partial charge on any atom is -0.224 e. The lowest BCUT2D eigenvalue weighted by molar-refractivity contribution is 0.203. The Balaban J connectivity index is 2.25. The largest absolute Gasteiger partial charge is 0.224 e. The number of rotatable bonds is 4. The van der Waals surface area contributed by atoms with Crippen LogP contribution in [-0.2, 0) is 9.84 Å². The maximum absolute atomic E-state index is 13.0. The van der Waals surface area contributed by atoms with Crippen LogP contribution >= 0.6 is 15.9 Å². The fourth-order valence-corrected chi connectivity index (χ4v) is 5.10. The maximum atomic E-state index is 13.0. The average molecular weight is 321 g/mol. The molecule has 0 unspecified atom stereocenters. The highest BCUT2D eigenvalue weighted by atomic mass is 79.9. The molecule has 17 heavy (non-hydrogen) atoms. The first-order valence-corrected chi connectivity index (χ1v) is 8.29. The molecule has 1 aromatic carbocycles. The Morgan fingerprint density at radius 3 is 2.53 bits per heavy atom. The first kappa shape index (κ1) is 13.0. The van der Waals surface area contributed by atoms with Gasteiger partial charge in [0.05, 0.1) is 10.6 Å². The van der Waals surface area contributed by atoms with E-state index in [1.54, 1.807) is 0 Å². The third-order valence-corrected chi connectivity index (χ3v) is 6.50. The van der Waals surface area contributed by atoms with E-state index in [1.165, 1.54) is 18.2 Å². The van der Waals surface area contributed by atoms with Crippen molar-refractivity contribution in [2.24, 2.45) is 5.41 Å². The normalized spacial score (nSPS) is 18.7. The van der Waals surface area contributed by atoms with Crippen LogP contribution in [-0.4, -0.2) is 19.5 Å². The second kappa shape index (κ2) is 4.69. The van der Waals surface area contributed by atoms with Crippen LogP contribution in [0.5, 0.6) is 0 Å². The lowest BCUT2D eigenvalue weighted by Crippen LogP contribution is -2.38. The van der Waals surface area contributed by atoms with Crippen molar-refractivity contribution in [2.45, 2.75) is 24.2 Å². The number of benzene rings is 1. The van der Waals surface area contributed by atoms with Gasteiger partial charge in [0.25, 0.3) is 0 Å². The summed E-state index contributed by atoms with van der Waals surface area (Å²) in [7, 11) is -3.38. The molecule has 0 amide bonds. The van der Waals surface area contributed by atoms with Crippen LogP contribution < -0.4 is 0 Å². The summed E-state index contributed by atoms with van der Waals surface area (Å²) in [6.45, 7) is 0. The Morgan fingerprint density at radius 1 is 1.35 bits per heavy atom. The summed E-state index contributed by atoms with van der Waals surface area (Å²) in [4.78, 5) is 0.0877. The minimum absolute atomic E-state index is 0.0877. The van der Waals surface area contributed by atoms with Crippen LogP contribution in [0.4, 0.5) is 4.39 Å². The van der Waals surface area contributed by atoms with E-state index in [1.807, 2.05) is 0 Å². The molecule has 0 bridgehead atoms. The fraction of sp³-hybridized carbons (Fsp3) is 0.500. The molecule has 0 aromatic heterocycles. The molecular weight excluding hydrogens is 307 g/mol. The van der Waals surface area contributed by atoms with E-state index in [2.05, 4.69) is 15.9 Å². The number of halogens is 2. The molecule has 1 aliphatic carbocycles. The zero-order valence-electron chi connectivity index (χ0n) is 9.33. The van der Waals surface area contributed by atoms with E-state index < -0.39 is 15.7 Å². The summed E-state index contributed by atoms with van der Waals surface area (Å²) in [6, 6.07) is 5.24. The first-order valence-electron chi connectivity index (χ1n) is 5.52.